The molecule has 0 aliphatic carbocycles. The van der Waals surface area contributed by atoms with Crippen molar-refractivity contribution < 1.29 is 18.9 Å². The van der Waals surface area contributed by atoms with Crippen LogP contribution >= 0.6 is 0 Å². The van der Waals surface area contributed by atoms with Gasteiger partial charge in [-0.25, -0.2) is 0 Å². The number of rotatable bonds is 3. The van der Waals surface area contributed by atoms with Crippen molar-refractivity contribution in [3.63, 3.8) is 0 Å². The maximum absolute atomic E-state index is 12.0. The molecule has 2 heterocycles. The third-order valence-electron chi connectivity index (χ3n) is 3.56. The minimum absolute atomic E-state index is 0.0534. The van der Waals surface area contributed by atoms with Crippen molar-refractivity contribution in [3.05, 3.63) is 36.1 Å². The molecule has 1 aliphatic rings. The molecule has 1 aromatic heterocycles. The highest BCUT2D eigenvalue weighted by molar-refractivity contribution is 6.43. The minimum atomic E-state index is -0.856. The molecule has 24 heavy (non-hydrogen) atoms. The second-order valence-electron chi connectivity index (χ2n) is 5.43. The quantitative estimate of drug-likeness (QED) is 0.834. The first-order valence-corrected chi connectivity index (χ1v) is 7.49. The lowest BCUT2D eigenvalue weighted by atomic mass is 10.2. The molecule has 2 aromatic rings. The third kappa shape index (κ3) is 3.43. The van der Waals surface area contributed by atoms with Gasteiger partial charge in [0.15, 0.2) is 5.82 Å². The van der Waals surface area contributed by atoms with Gasteiger partial charge in [-0.15, -0.1) is 0 Å². The second-order valence-corrected chi connectivity index (χ2v) is 5.43. The molecule has 1 aromatic carbocycles. The Morgan fingerprint density at radius 3 is 2.67 bits per heavy atom. The van der Waals surface area contributed by atoms with Gasteiger partial charge in [-0.3, -0.25) is 19.7 Å². The molecule has 1 saturated heterocycles. The summed E-state index contributed by atoms with van der Waals surface area (Å²) in [4.78, 5) is 37.2. The van der Waals surface area contributed by atoms with Gasteiger partial charge in [0, 0.05) is 30.4 Å². The van der Waals surface area contributed by atoms with Gasteiger partial charge in [-0.2, -0.15) is 0 Å². The largest absolute Gasteiger partial charge is 0.360 e. The summed E-state index contributed by atoms with van der Waals surface area (Å²) in [7, 11) is 0. The van der Waals surface area contributed by atoms with Gasteiger partial charge in [0.1, 0.15) is 5.76 Å². The fraction of sp³-hybridized carbons (Fsp3) is 0.250. The molecule has 8 nitrogen and oxygen atoms in total. The Morgan fingerprint density at radius 1 is 1.21 bits per heavy atom. The molecule has 0 saturated carbocycles. The summed E-state index contributed by atoms with van der Waals surface area (Å²) in [6, 6.07) is 8.32. The summed E-state index contributed by atoms with van der Waals surface area (Å²) in [5.41, 5.74) is 1.13. The number of carbonyl (C=O) groups is 3. The number of nitrogens with zero attached hydrogens (tertiary/aromatic N) is 2. The van der Waals surface area contributed by atoms with Gasteiger partial charge in [0.25, 0.3) is 0 Å². The van der Waals surface area contributed by atoms with E-state index in [-0.39, 0.29) is 11.7 Å². The molecule has 124 valence electrons. The van der Waals surface area contributed by atoms with Gasteiger partial charge in [0.05, 0.1) is 0 Å². The molecule has 3 amide bonds. The number of aryl methyl sites for hydroxylation is 1. The molecule has 0 spiro atoms. The Morgan fingerprint density at radius 2 is 2.00 bits per heavy atom. The second kappa shape index (κ2) is 6.53. The van der Waals surface area contributed by atoms with E-state index in [9.17, 15) is 14.4 Å². The molecule has 1 aliphatic heterocycles. The summed E-state index contributed by atoms with van der Waals surface area (Å²) < 4.78 is 4.81. The van der Waals surface area contributed by atoms with E-state index in [4.69, 9.17) is 4.52 Å². The Balaban J connectivity index is 1.65. The Bertz CT molecular complexity index is 799. The van der Waals surface area contributed by atoms with Gasteiger partial charge >= 0.3 is 11.8 Å². The van der Waals surface area contributed by atoms with E-state index < -0.39 is 11.8 Å². The maximum Gasteiger partial charge on any atom is 0.315 e. The fourth-order valence-electron chi connectivity index (χ4n) is 2.46. The van der Waals surface area contributed by atoms with E-state index in [1.54, 1.807) is 36.1 Å². The highest BCUT2D eigenvalue weighted by atomic mass is 16.5. The van der Waals surface area contributed by atoms with E-state index in [1.807, 2.05) is 0 Å². The lowest BCUT2D eigenvalue weighted by Gasteiger charge is -2.16. The van der Waals surface area contributed by atoms with E-state index in [1.165, 1.54) is 6.07 Å². The highest BCUT2D eigenvalue weighted by Crippen LogP contribution is 2.24. The predicted octanol–water partition coefficient (Wildman–Crippen LogP) is 1.69. The van der Waals surface area contributed by atoms with Crippen molar-refractivity contribution >= 4 is 34.9 Å². The summed E-state index contributed by atoms with van der Waals surface area (Å²) in [6.07, 6.45) is 1.34. The van der Waals surface area contributed by atoms with Gasteiger partial charge < -0.3 is 14.7 Å². The van der Waals surface area contributed by atoms with E-state index in [2.05, 4.69) is 15.8 Å². The third-order valence-corrected chi connectivity index (χ3v) is 3.56. The standard InChI is InChI=1S/C16H16N4O4/c1-10-8-13(19-24-10)18-16(23)15(22)17-11-4-2-5-12(9-11)20-7-3-6-14(20)21/h2,4-5,8-9H,3,6-7H2,1H3,(H,17,22)(H,18,19,23). The van der Waals surface area contributed by atoms with Crippen LogP contribution in [0.3, 0.4) is 0 Å². The number of anilines is 3. The lowest BCUT2D eigenvalue weighted by molar-refractivity contribution is -0.133. The van der Waals surface area contributed by atoms with Crippen molar-refractivity contribution in [2.75, 3.05) is 22.1 Å². The summed E-state index contributed by atoms with van der Waals surface area (Å²) in [5, 5.41) is 8.43. The maximum atomic E-state index is 12.0. The minimum Gasteiger partial charge on any atom is -0.360 e. The van der Waals surface area contributed by atoms with Crippen molar-refractivity contribution in [1.29, 1.82) is 0 Å². The Labute approximate surface area is 137 Å². The van der Waals surface area contributed by atoms with Crippen LogP contribution in [-0.4, -0.2) is 29.4 Å². The van der Waals surface area contributed by atoms with Crippen LogP contribution < -0.4 is 15.5 Å². The zero-order valence-electron chi connectivity index (χ0n) is 13.0. The lowest BCUT2D eigenvalue weighted by Crippen LogP contribution is -2.29. The molecule has 2 N–H and O–H groups in total. The summed E-state index contributed by atoms with van der Waals surface area (Å²) in [6.45, 7) is 2.33. The molecule has 0 radical (unpaired) electrons. The molecule has 0 unspecified atom stereocenters. The number of nitrogens with one attached hydrogen (secondary N) is 2. The smallest absolute Gasteiger partial charge is 0.315 e. The Hall–Kier alpha value is -3.16. The first-order valence-electron chi connectivity index (χ1n) is 7.49. The van der Waals surface area contributed by atoms with Crippen LogP contribution in [0.25, 0.3) is 0 Å². The first-order chi connectivity index (χ1) is 11.5. The average Bonchev–Trinajstić information content (AvgIpc) is 3.16. The SMILES string of the molecule is Cc1cc(NC(=O)C(=O)Nc2cccc(N3CCCC3=O)c2)no1. The Kier molecular flexibility index (Phi) is 4.28. The van der Waals surface area contributed by atoms with Crippen LogP contribution in [0.4, 0.5) is 17.2 Å². The topological polar surface area (TPSA) is 105 Å². The fourth-order valence-corrected chi connectivity index (χ4v) is 2.46. The van der Waals surface area contributed by atoms with E-state index >= 15 is 0 Å². The van der Waals surface area contributed by atoms with Crippen LogP contribution in [0.2, 0.25) is 0 Å². The number of amides is 3. The van der Waals surface area contributed by atoms with Crippen molar-refractivity contribution in [1.82, 2.24) is 5.16 Å². The molecule has 0 atom stereocenters. The number of benzene rings is 1. The van der Waals surface area contributed by atoms with E-state index in [0.29, 0.717) is 30.1 Å². The van der Waals surface area contributed by atoms with Crippen LogP contribution in [-0.2, 0) is 14.4 Å². The summed E-state index contributed by atoms with van der Waals surface area (Å²) >= 11 is 0. The predicted molar refractivity (Wildman–Crippen MR) is 86.5 cm³/mol. The van der Waals surface area contributed by atoms with Crippen LogP contribution in [0.5, 0.6) is 0 Å². The molecule has 0 bridgehead atoms. The number of hydrogen-bond donors (Lipinski definition) is 2. The monoisotopic (exact) mass is 328 g/mol. The van der Waals surface area contributed by atoms with Gasteiger partial charge in [-0.1, -0.05) is 11.2 Å². The zero-order chi connectivity index (χ0) is 17.1. The average molecular weight is 328 g/mol. The molecular weight excluding hydrogens is 312 g/mol. The number of hydrogen-bond acceptors (Lipinski definition) is 5. The number of aromatic nitrogens is 1. The van der Waals surface area contributed by atoms with Gasteiger partial charge in [0.2, 0.25) is 5.91 Å². The van der Waals surface area contributed by atoms with Crippen LogP contribution in [0, 0.1) is 6.92 Å². The van der Waals surface area contributed by atoms with Crippen LogP contribution in [0.15, 0.2) is 34.9 Å². The highest BCUT2D eigenvalue weighted by Gasteiger charge is 2.22. The van der Waals surface area contributed by atoms with Crippen LogP contribution in [0.1, 0.15) is 18.6 Å². The molecule has 1 fully saturated rings. The van der Waals surface area contributed by atoms with Gasteiger partial charge in [-0.05, 0) is 31.5 Å². The molecule has 3 rings (SSSR count). The summed E-state index contributed by atoms with van der Waals surface area (Å²) in [5.74, 6) is -0.943. The van der Waals surface area contributed by atoms with E-state index in [0.717, 1.165) is 6.42 Å². The number of carbonyl (C=O) groups excluding carboxylic acids is 3. The zero-order valence-corrected chi connectivity index (χ0v) is 13.0. The molecule has 8 heteroatoms. The van der Waals surface area contributed by atoms with Crippen molar-refractivity contribution in [2.45, 2.75) is 19.8 Å². The first kappa shape index (κ1) is 15.7. The normalized spacial score (nSPS) is 13.9. The molecular formula is C16H16N4O4. The van der Waals surface area contributed by atoms with Crippen molar-refractivity contribution in [2.24, 2.45) is 0 Å². The van der Waals surface area contributed by atoms with Crippen molar-refractivity contribution in [3.8, 4) is 0 Å².